The van der Waals surface area contributed by atoms with E-state index in [9.17, 15) is 18.0 Å². The standard InChI is InChI=1S/C17H13F3O2/c1-2-17(19,20)15(12-7-4-3-5-8-12)22-16(21)13-9-6-10-14(18)11-13/h2-11,15H,1H2. The maximum atomic E-state index is 14.0. The van der Waals surface area contributed by atoms with Crippen molar-refractivity contribution < 1.29 is 22.7 Å². The Morgan fingerprint density at radius 2 is 1.82 bits per heavy atom. The number of hydrogen-bond donors (Lipinski definition) is 0. The first-order valence-electron chi connectivity index (χ1n) is 6.47. The second kappa shape index (κ2) is 6.47. The molecule has 0 fully saturated rings. The molecule has 0 aliphatic carbocycles. The molecule has 22 heavy (non-hydrogen) atoms. The van der Waals surface area contributed by atoms with Crippen molar-refractivity contribution >= 4 is 5.97 Å². The van der Waals surface area contributed by atoms with Gasteiger partial charge in [0.15, 0.2) is 6.10 Å². The molecule has 5 heteroatoms. The van der Waals surface area contributed by atoms with Crippen LogP contribution in [0.2, 0.25) is 0 Å². The van der Waals surface area contributed by atoms with Crippen molar-refractivity contribution in [1.82, 2.24) is 0 Å². The fourth-order valence-electron chi connectivity index (χ4n) is 1.89. The third kappa shape index (κ3) is 3.55. The van der Waals surface area contributed by atoms with Crippen LogP contribution in [0.3, 0.4) is 0 Å². The molecular formula is C17H13F3O2. The van der Waals surface area contributed by atoms with Crippen LogP contribution in [-0.4, -0.2) is 11.9 Å². The minimum absolute atomic E-state index is 0.122. The van der Waals surface area contributed by atoms with Crippen molar-refractivity contribution in [3.05, 3.63) is 84.2 Å². The molecular weight excluding hydrogens is 293 g/mol. The summed E-state index contributed by atoms with van der Waals surface area (Å²) in [5, 5.41) is 0. The molecule has 114 valence electrons. The summed E-state index contributed by atoms with van der Waals surface area (Å²) in [6.07, 6.45) is -1.41. The van der Waals surface area contributed by atoms with E-state index in [2.05, 4.69) is 6.58 Å². The van der Waals surface area contributed by atoms with E-state index >= 15 is 0 Å². The van der Waals surface area contributed by atoms with Crippen molar-refractivity contribution in [2.75, 3.05) is 0 Å². The number of benzene rings is 2. The first-order chi connectivity index (χ1) is 10.4. The predicted molar refractivity (Wildman–Crippen MR) is 76.1 cm³/mol. The molecule has 0 saturated carbocycles. The average Bonchev–Trinajstić information content (AvgIpc) is 2.53. The number of halogens is 3. The second-order valence-electron chi connectivity index (χ2n) is 4.59. The van der Waals surface area contributed by atoms with Crippen LogP contribution in [-0.2, 0) is 4.74 Å². The molecule has 0 amide bonds. The minimum Gasteiger partial charge on any atom is -0.447 e. The van der Waals surface area contributed by atoms with Gasteiger partial charge < -0.3 is 4.74 Å². The van der Waals surface area contributed by atoms with Gasteiger partial charge in [0.25, 0.3) is 0 Å². The van der Waals surface area contributed by atoms with Gasteiger partial charge in [0.1, 0.15) is 5.82 Å². The Hall–Kier alpha value is -2.56. The lowest BCUT2D eigenvalue weighted by Gasteiger charge is -2.24. The SMILES string of the molecule is C=CC(F)(F)C(OC(=O)c1cccc(F)c1)c1ccccc1. The average molecular weight is 306 g/mol. The van der Waals surface area contributed by atoms with E-state index in [1.165, 1.54) is 24.3 Å². The second-order valence-corrected chi connectivity index (χ2v) is 4.59. The van der Waals surface area contributed by atoms with Crippen molar-refractivity contribution in [2.24, 2.45) is 0 Å². The highest BCUT2D eigenvalue weighted by molar-refractivity contribution is 5.89. The minimum atomic E-state index is -3.45. The van der Waals surface area contributed by atoms with Crippen LogP contribution in [0, 0.1) is 5.82 Å². The zero-order valence-corrected chi connectivity index (χ0v) is 11.5. The van der Waals surface area contributed by atoms with Gasteiger partial charge in [0, 0.05) is 0 Å². The highest BCUT2D eigenvalue weighted by Crippen LogP contribution is 2.36. The normalized spacial score (nSPS) is 12.5. The van der Waals surface area contributed by atoms with E-state index in [4.69, 9.17) is 4.74 Å². The van der Waals surface area contributed by atoms with E-state index in [0.717, 1.165) is 12.1 Å². The van der Waals surface area contributed by atoms with Crippen LogP contribution in [0.1, 0.15) is 22.0 Å². The van der Waals surface area contributed by atoms with Crippen LogP contribution in [0.15, 0.2) is 67.3 Å². The third-order valence-electron chi connectivity index (χ3n) is 3.01. The molecule has 0 heterocycles. The summed E-state index contributed by atoms with van der Waals surface area (Å²) in [4.78, 5) is 12.0. The molecule has 0 N–H and O–H groups in total. The van der Waals surface area contributed by atoms with Crippen molar-refractivity contribution in [2.45, 2.75) is 12.0 Å². The summed E-state index contributed by atoms with van der Waals surface area (Å²) < 4.78 is 46.0. The molecule has 0 radical (unpaired) electrons. The monoisotopic (exact) mass is 306 g/mol. The number of ether oxygens (including phenoxy) is 1. The lowest BCUT2D eigenvalue weighted by molar-refractivity contribution is -0.0837. The van der Waals surface area contributed by atoms with Gasteiger partial charge in [-0.3, -0.25) is 0 Å². The van der Waals surface area contributed by atoms with E-state index in [1.807, 2.05) is 0 Å². The van der Waals surface area contributed by atoms with E-state index in [1.54, 1.807) is 18.2 Å². The molecule has 2 aromatic carbocycles. The number of carbonyl (C=O) groups excluding carboxylic acids is 1. The van der Waals surface area contributed by atoms with E-state index in [0.29, 0.717) is 6.08 Å². The van der Waals surface area contributed by atoms with E-state index in [-0.39, 0.29) is 11.1 Å². The van der Waals surface area contributed by atoms with Crippen molar-refractivity contribution in [1.29, 1.82) is 0 Å². The van der Waals surface area contributed by atoms with Gasteiger partial charge in [-0.1, -0.05) is 43.0 Å². The summed E-state index contributed by atoms with van der Waals surface area (Å²) in [7, 11) is 0. The molecule has 0 aliphatic rings. The van der Waals surface area contributed by atoms with Crippen LogP contribution < -0.4 is 0 Å². The molecule has 1 atom stereocenters. The van der Waals surface area contributed by atoms with E-state index < -0.39 is 23.8 Å². The highest BCUT2D eigenvalue weighted by atomic mass is 19.3. The van der Waals surface area contributed by atoms with Gasteiger partial charge in [-0.25, -0.2) is 9.18 Å². The molecule has 2 rings (SSSR count). The lowest BCUT2D eigenvalue weighted by atomic mass is 10.0. The Labute approximate surface area is 125 Å². The summed E-state index contributed by atoms with van der Waals surface area (Å²) in [6.45, 7) is 3.07. The first-order valence-corrected chi connectivity index (χ1v) is 6.47. The molecule has 0 aromatic heterocycles. The number of carbonyl (C=O) groups is 1. The molecule has 1 unspecified atom stereocenters. The fraction of sp³-hybridized carbons (Fsp3) is 0.118. The van der Waals surface area contributed by atoms with Gasteiger partial charge >= 0.3 is 11.9 Å². The number of esters is 1. The van der Waals surface area contributed by atoms with Crippen LogP contribution in [0.5, 0.6) is 0 Å². The maximum Gasteiger partial charge on any atom is 0.339 e. The zero-order valence-electron chi connectivity index (χ0n) is 11.5. The smallest absolute Gasteiger partial charge is 0.339 e. The highest BCUT2D eigenvalue weighted by Gasteiger charge is 2.40. The Bertz CT molecular complexity index is 669. The van der Waals surface area contributed by atoms with Crippen LogP contribution >= 0.6 is 0 Å². The summed E-state index contributed by atoms with van der Waals surface area (Å²) in [6, 6.07) is 12.3. The predicted octanol–water partition coefficient (Wildman–Crippen LogP) is 4.55. The zero-order chi connectivity index (χ0) is 16.2. The van der Waals surface area contributed by atoms with Gasteiger partial charge in [-0.15, -0.1) is 0 Å². The number of rotatable bonds is 5. The summed E-state index contributed by atoms with van der Waals surface area (Å²) in [5.74, 6) is -5.14. The Kier molecular flexibility index (Phi) is 4.65. The lowest BCUT2D eigenvalue weighted by Crippen LogP contribution is -2.28. The molecule has 0 bridgehead atoms. The molecule has 2 nitrogen and oxygen atoms in total. The molecule has 2 aromatic rings. The third-order valence-corrected chi connectivity index (χ3v) is 3.01. The number of hydrogen-bond acceptors (Lipinski definition) is 2. The maximum absolute atomic E-state index is 14.0. The van der Waals surface area contributed by atoms with Crippen LogP contribution in [0.25, 0.3) is 0 Å². The van der Waals surface area contributed by atoms with Gasteiger partial charge in [0.05, 0.1) is 5.56 Å². The molecule has 0 aliphatic heterocycles. The van der Waals surface area contributed by atoms with Crippen LogP contribution in [0.4, 0.5) is 13.2 Å². The van der Waals surface area contributed by atoms with Gasteiger partial charge in [-0.2, -0.15) is 8.78 Å². The van der Waals surface area contributed by atoms with Crippen molar-refractivity contribution in [3.63, 3.8) is 0 Å². The Morgan fingerprint density at radius 3 is 2.41 bits per heavy atom. The fourth-order valence-corrected chi connectivity index (χ4v) is 1.89. The Balaban J connectivity index is 2.31. The van der Waals surface area contributed by atoms with Gasteiger partial charge in [0.2, 0.25) is 0 Å². The van der Waals surface area contributed by atoms with Gasteiger partial charge in [-0.05, 0) is 29.8 Å². The molecule has 0 saturated heterocycles. The van der Waals surface area contributed by atoms with Crippen molar-refractivity contribution in [3.8, 4) is 0 Å². The summed E-state index contributed by atoms with van der Waals surface area (Å²) in [5.41, 5.74) is -0.0158. The first kappa shape index (κ1) is 15.8. The Morgan fingerprint density at radius 1 is 1.14 bits per heavy atom. The summed E-state index contributed by atoms with van der Waals surface area (Å²) >= 11 is 0. The number of alkyl halides is 2. The molecule has 0 spiro atoms. The quantitative estimate of drug-likeness (QED) is 0.598. The topological polar surface area (TPSA) is 26.3 Å². The largest absolute Gasteiger partial charge is 0.447 e.